The molecule has 0 spiro atoms. The summed E-state index contributed by atoms with van der Waals surface area (Å²) in [6.07, 6.45) is -4.54. The maximum absolute atomic E-state index is 12.9. The van der Waals surface area contributed by atoms with Gasteiger partial charge in [-0.1, -0.05) is 21.1 Å². The molecular weight excluding hydrogens is 451 g/mol. The van der Waals surface area contributed by atoms with Gasteiger partial charge in [0.25, 0.3) is 0 Å². The van der Waals surface area contributed by atoms with E-state index in [2.05, 4.69) is 31.7 Å². The van der Waals surface area contributed by atoms with Crippen molar-refractivity contribution in [2.75, 3.05) is 16.4 Å². The number of nitrogens with one attached hydrogen (secondary N) is 2. The topological polar surface area (TPSA) is 84.2 Å². The Hall–Kier alpha value is -2.01. The van der Waals surface area contributed by atoms with E-state index in [1.165, 1.54) is 12.1 Å². The Morgan fingerprint density at radius 3 is 2.59 bits per heavy atom. The largest absolute Gasteiger partial charge is 0.417 e. The number of rotatable bonds is 6. The van der Waals surface area contributed by atoms with Crippen molar-refractivity contribution >= 4 is 51.0 Å². The lowest BCUT2D eigenvalue weighted by molar-refractivity contribution is -0.138. The number of halogens is 4. The summed E-state index contributed by atoms with van der Waals surface area (Å²) in [5.41, 5.74) is -0.866. The van der Waals surface area contributed by atoms with Gasteiger partial charge in [-0.25, -0.2) is 0 Å². The molecule has 2 rings (SSSR count). The average molecular weight is 466 g/mol. The second-order valence-electron chi connectivity index (χ2n) is 5.51. The summed E-state index contributed by atoms with van der Waals surface area (Å²) in [7, 11) is 0. The molecule has 1 heterocycles. The van der Waals surface area contributed by atoms with E-state index in [0.29, 0.717) is 5.76 Å². The number of hydrogen-bond donors (Lipinski definition) is 2. The van der Waals surface area contributed by atoms with Gasteiger partial charge in [0.05, 0.1) is 16.6 Å². The molecule has 0 fully saturated rings. The second kappa shape index (κ2) is 8.79. The van der Waals surface area contributed by atoms with E-state index < -0.39 is 22.9 Å². The molecule has 2 aromatic rings. The SMILES string of the molecule is Cc1cc(NC(=O)C(C)SCC(=O)Nc2ccc(Br)c(C(F)(F)F)c2)no1. The number of amides is 2. The number of thioether (sulfide) groups is 1. The van der Waals surface area contributed by atoms with Crippen molar-refractivity contribution in [3.8, 4) is 0 Å². The smallest absolute Gasteiger partial charge is 0.360 e. The number of hydrogen-bond acceptors (Lipinski definition) is 5. The summed E-state index contributed by atoms with van der Waals surface area (Å²) in [6, 6.07) is 4.95. The molecule has 1 unspecified atom stereocenters. The van der Waals surface area contributed by atoms with E-state index >= 15 is 0 Å². The van der Waals surface area contributed by atoms with Crippen molar-refractivity contribution in [2.45, 2.75) is 25.3 Å². The van der Waals surface area contributed by atoms with Gasteiger partial charge in [-0.3, -0.25) is 9.59 Å². The first kappa shape index (κ1) is 21.3. The first-order valence-corrected chi connectivity index (χ1v) is 9.43. The van der Waals surface area contributed by atoms with Crippen LogP contribution in [0.1, 0.15) is 18.2 Å². The van der Waals surface area contributed by atoms with Crippen LogP contribution in [0.3, 0.4) is 0 Å². The third kappa shape index (κ3) is 6.28. The molecule has 11 heteroatoms. The van der Waals surface area contributed by atoms with Crippen LogP contribution >= 0.6 is 27.7 Å². The van der Waals surface area contributed by atoms with Crippen LogP contribution < -0.4 is 10.6 Å². The van der Waals surface area contributed by atoms with Crippen LogP contribution in [0.2, 0.25) is 0 Å². The molecule has 0 bridgehead atoms. The molecule has 0 saturated carbocycles. The maximum atomic E-state index is 12.9. The van der Waals surface area contributed by atoms with Crippen LogP contribution in [0.15, 0.2) is 33.3 Å². The average Bonchev–Trinajstić information content (AvgIpc) is 2.98. The zero-order valence-corrected chi connectivity index (χ0v) is 16.6. The Kier molecular flexibility index (Phi) is 6.93. The molecule has 27 heavy (non-hydrogen) atoms. The third-order valence-electron chi connectivity index (χ3n) is 3.27. The van der Waals surface area contributed by atoms with Crippen LogP contribution in [0.5, 0.6) is 0 Å². The molecule has 146 valence electrons. The standard InChI is InChI=1S/C16H15BrF3N3O3S/c1-8-5-13(23-26-8)22-15(25)9(2)27-7-14(24)21-10-3-4-12(17)11(6-10)16(18,19)20/h3-6,9H,7H2,1-2H3,(H,21,24)(H,22,23,25). The normalized spacial score (nSPS) is 12.5. The molecule has 0 saturated heterocycles. The van der Waals surface area contributed by atoms with Gasteiger partial charge in [0.2, 0.25) is 11.8 Å². The Balaban J connectivity index is 1.87. The van der Waals surface area contributed by atoms with E-state index in [4.69, 9.17) is 4.52 Å². The lowest BCUT2D eigenvalue weighted by Gasteiger charge is -2.13. The number of benzene rings is 1. The summed E-state index contributed by atoms with van der Waals surface area (Å²) in [4.78, 5) is 24.0. The first-order chi connectivity index (χ1) is 12.6. The van der Waals surface area contributed by atoms with Gasteiger partial charge in [-0.05, 0) is 32.0 Å². The highest BCUT2D eigenvalue weighted by atomic mass is 79.9. The quantitative estimate of drug-likeness (QED) is 0.657. The van der Waals surface area contributed by atoms with Crippen LogP contribution in [0, 0.1) is 6.92 Å². The lowest BCUT2D eigenvalue weighted by atomic mass is 10.2. The summed E-state index contributed by atoms with van der Waals surface area (Å²) < 4.78 is 43.4. The number of aromatic nitrogens is 1. The molecular formula is C16H15BrF3N3O3S. The van der Waals surface area contributed by atoms with Gasteiger partial charge in [-0.15, -0.1) is 11.8 Å². The Morgan fingerprint density at radius 1 is 1.30 bits per heavy atom. The molecule has 2 N–H and O–H groups in total. The summed E-state index contributed by atoms with van der Waals surface area (Å²) in [5.74, 6) is -0.192. The Morgan fingerprint density at radius 2 is 2.00 bits per heavy atom. The highest BCUT2D eigenvalue weighted by molar-refractivity contribution is 9.10. The molecule has 2 amide bonds. The molecule has 6 nitrogen and oxygen atoms in total. The van der Waals surface area contributed by atoms with E-state index in [-0.39, 0.29) is 27.6 Å². The second-order valence-corrected chi connectivity index (χ2v) is 7.69. The fraction of sp³-hybridized carbons (Fsp3) is 0.312. The Bertz CT molecular complexity index is 842. The number of anilines is 2. The van der Waals surface area contributed by atoms with Crippen molar-refractivity contribution in [3.63, 3.8) is 0 Å². The fourth-order valence-corrected chi connectivity index (χ4v) is 3.10. The van der Waals surface area contributed by atoms with Crippen LogP contribution in [0.4, 0.5) is 24.7 Å². The Labute approximate surface area is 165 Å². The van der Waals surface area contributed by atoms with E-state index in [1.54, 1.807) is 19.9 Å². The predicted octanol–water partition coefficient (Wildman–Crippen LogP) is 4.46. The number of alkyl halides is 3. The zero-order chi connectivity index (χ0) is 20.2. The van der Waals surface area contributed by atoms with Gasteiger partial charge in [0, 0.05) is 16.2 Å². The molecule has 0 aliphatic heterocycles. The van der Waals surface area contributed by atoms with Crippen molar-refractivity contribution in [1.82, 2.24) is 5.16 Å². The van der Waals surface area contributed by atoms with Gasteiger partial charge < -0.3 is 15.2 Å². The van der Waals surface area contributed by atoms with E-state index in [9.17, 15) is 22.8 Å². The van der Waals surface area contributed by atoms with Gasteiger partial charge in [0.1, 0.15) is 5.76 Å². The van der Waals surface area contributed by atoms with Crippen molar-refractivity contribution < 1.29 is 27.3 Å². The number of carbonyl (C=O) groups is 2. The van der Waals surface area contributed by atoms with Crippen molar-refractivity contribution in [3.05, 3.63) is 40.1 Å². The van der Waals surface area contributed by atoms with Crippen molar-refractivity contribution in [2.24, 2.45) is 0 Å². The number of aryl methyl sites for hydroxylation is 1. The fourth-order valence-electron chi connectivity index (χ4n) is 1.95. The van der Waals surface area contributed by atoms with E-state index in [1.807, 2.05) is 0 Å². The first-order valence-electron chi connectivity index (χ1n) is 7.58. The van der Waals surface area contributed by atoms with Crippen LogP contribution in [-0.4, -0.2) is 28.0 Å². The zero-order valence-electron chi connectivity index (χ0n) is 14.2. The maximum Gasteiger partial charge on any atom is 0.417 e. The van der Waals surface area contributed by atoms with Gasteiger partial charge in [0.15, 0.2) is 5.82 Å². The molecule has 1 aromatic heterocycles. The van der Waals surface area contributed by atoms with Gasteiger partial charge >= 0.3 is 6.18 Å². The summed E-state index contributed by atoms with van der Waals surface area (Å²) >= 11 is 3.87. The van der Waals surface area contributed by atoms with Crippen LogP contribution in [0.25, 0.3) is 0 Å². The lowest BCUT2D eigenvalue weighted by Crippen LogP contribution is -2.25. The molecule has 0 aliphatic rings. The highest BCUT2D eigenvalue weighted by Gasteiger charge is 2.33. The molecule has 0 radical (unpaired) electrons. The van der Waals surface area contributed by atoms with Crippen molar-refractivity contribution in [1.29, 1.82) is 0 Å². The molecule has 1 atom stereocenters. The number of nitrogens with zero attached hydrogens (tertiary/aromatic N) is 1. The predicted molar refractivity (Wildman–Crippen MR) is 99.6 cm³/mol. The monoisotopic (exact) mass is 465 g/mol. The minimum Gasteiger partial charge on any atom is -0.360 e. The third-order valence-corrected chi connectivity index (χ3v) is 5.10. The molecule has 0 aliphatic carbocycles. The minimum absolute atomic E-state index is 0.0197. The van der Waals surface area contributed by atoms with Crippen LogP contribution in [-0.2, 0) is 15.8 Å². The highest BCUT2D eigenvalue weighted by Crippen LogP contribution is 2.36. The van der Waals surface area contributed by atoms with E-state index in [0.717, 1.165) is 17.8 Å². The molecule has 1 aromatic carbocycles. The summed E-state index contributed by atoms with van der Waals surface area (Å²) in [5, 5.41) is 7.98. The summed E-state index contributed by atoms with van der Waals surface area (Å²) in [6.45, 7) is 3.28. The van der Waals surface area contributed by atoms with Gasteiger partial charge in [-0.2, -0.15) is 13.2 Å². The minimum atomic E-state index is -4.54. The number of carbonyl (C=O) groups excluding carboxylic acids is 2.